The summed E-state index contributed by atoms with van der Waals surface area (Å²) in [5, 5.41) is 3.84. The van der Waals surface area contributed by atoms with Crippen molar-refractivity contribution in [1.29, 1.82) is 0 Å². The van der Waals surface area contributed by atoms with Gasteiger partial charge in [-0.15, -0.1) is 0 Å². The molecule has 0 saturated heterocycles. The summed E-state index contributed by atoms with van der Waals surface area (Å²) in [7, 11) is 0. The van der Waals surface area contributed by atoms with Crippen LogP contribution in [0.1, 0.15) is 64.0 Å². The summed E-state index contributed by atoms with van der Waals surface area (Å²) < 4.78 is 0. The summed E-state index contributed by atoms with van der Waals surface area (Å²) in [6, 6.07) is 9.77. The van der Waals surface area contributed by atoms with Crippen LogP contribution in [-0.4, -0.2) is 12.6 Å². The Balaban J connectivity index is 1.93. The first-order valence-corrected chi connectivity index (χ1v) is 9.00. The first-order chi connectivity index (χ1) is 10.2. The molecule has 1 heteroatoms. The Morgan fingerprint density at radius 1 is 1.14 bits per heavy atom. The lowest BCUT2D eigenvalue weighted by molar-refractivity contribution is 0.295. The maximum absolute atomic E-state index is 3.84. The largest absolute Gasteiger partial charge is 0.314 e. The maximum Gasteiger partial charge on any atom is 0.00986 e. The van der Waals surface area contributed by atoms with Gasteiger partial charge in [-0.25, -0.2) is 0 Å². The van der Waals surface area contributed by atoms with Gasteiger partial charge in [0, 0.05) is 6.04 Å². The van der Waals surface area contributed by atoms with Gasteiger partial charge in [0.05, 0.1) is 0 Å². The molecule has 1 aromatic carbocycles. The molecular formula is C20H33N. The molecule has 0 heterocycles. The van der Waals surface area contributed by atoms with Gasteiger partial charge in [-0.1, -0.05) is 57.9 Å². The van der Waals surface area contributed by atoms with Gasteiger partial charge in [-0.3, -0.25) is 0 Å². The highest BCUT2D eigenvalue weighted by Gasteiger charge is 2.25. The number of benzene rings is 1. The zero-order valence-electron chi connectivity index (χ0n) is 14.2. The number of nitrogens with one attached hydrogen (secondary N) is 1. The highest BCUT2D eigenvalue weighted by molar-refractivity contribution is 5.30. The number of fused-ring (bicyclic) bond motifs is 1. The Labute approximate surface area is 131 Å². The van der Waals surface area contributed by atoms with Gasteiger partial charge in [0.1, 0.15) is 0 Å². The van der Waals surface area contributed by atoms with Crippen LogP contribution in [0, 0.1) is 11.8 Å². The fourth-order valence-corrected chi connectivity index (χ4v) is 3.65. The van der Waals surface area contributed by atoms with Crippen LogP contribution in [0.2, 0.25) is 0 Å². The highest BCUT2D eigenvalue weighted by Crippen LogP contribution is 2.29. The average Bonchev–Trinajstić information content (AvgIpc) is 2.50. The molecule has 0 spiro atoms. The third kappa shape index (κ3) is 5.14. The number of aryl methyl sites for hydroxylation is 1. The zero-order valence-corrected chi connectivity index (χ0v) is 14.2. The predicted molar refractivity (Wildman–Crippen MR) is 92.7 cm³/mol. The van der Waals surface area contributed by atoms with E-state index in [0.717, 1.165) is 17.9 Å². The molecule has 0 saturated carbocycles. The second kappa shape index (κ2) is 8.58. The van der Waals surface area contributed by atoms with Gasteiger partial charge in [0.2, 0.25) is 0 Å². The lowest BCUT2D eigenvalue weighted by Gasteiger charge is -2.32. The molecule has 1 aromatic rings. The molecule has 1 nitrogen and oxygen atoms in total. The van der Waals surface area contributed by atoms with Crippen LogP contribution in [0.15, 0.2) is 24.3 Å². The van der Waals surface area contributed by atoms with Crippen LogP contribution in [0.5, 0.6) is 0 Å². The van der Waals surface area contributed by atoms with E-state index in [1.165, 1.54) is 51.5 Å². The average molecular weight is 287 g/mol. The van der Waals surface area contributed by atoms with E-state index in [1.54, 1.807) is 11.1 Å². The Kier molecular flexibility index (Phi) is 6.76. The molecule has 0 fully saturated rings. The summed E-state index contributed by atoms with van der Waals surface area (Å²) >= 11 is 0. The number of hydrogen-bond donors (Lipinski definition) is 1. The summed E-state index contributed by atoms with van der Waals surface area (Å²) in [6.45, 7) is 8.12. The van der Waals surface area contributed by atoms with E-state index >= 15 is 0 Å². The van der Waals surface area contributed by atoms with Gasteiger partial charge >= 0.3 is 0 Å². The second-order valence-corrected chi connectivity index (χ2v) is 7.16. The molecule has 1 aliphatic rings. The van der Waals surface area contributed by atoms with Crippen LogP contribution < -0.4 is 5.32 Å². The van der Waals surface area contributed by atoms with Gasteiger partial charge in [0.25, 0.3) is 0 Å². The zero-order chi connectivity index (χ0) is 15.1. The first kappa shape index (κ1) is 16.5. The van der Waals surface area contributed by atoms with E-state index in [-0.39, 0.29) is 0 Å². The van der Waals surface area contributed by atoms with Crippen molar-refractivity contribution < 1.29 is 0 Å². The van der Waals surface area contributed by atoms with E-state index in [0.29, 0.717) is 0 Å². The molecule has 2 unspecified atom stereocenters. The minimum Gasteiger partial charge on any atom is -0.314 e. The molecule has 0 bridgehead atoms. The van der Waals surface area contributed by atoms with Crippen molar-refractivity contribution in [1.82, 2.24) is 5.32 Å². The van der Waals surface area contributed by atoms with E-state index in [1.807, 2.05) is 0 Å². The predicted octanol–water partition coefficient (Wildman–Crippen LogP) is 4.99. The van der Waals surface area contributed by atoms with Crippen LogP contribution in [0.4, 0.5) is 0 Å². The monoisotopic (exact) mass is 287 g/mol. The molecule has 2 atom stereocenters. The minimum absolute atomic E-state index is 0.719. The van der Waals surface area contributed by atoms with Crippen molar-refractivity contribution in [2.45, 2.75) is 71.8 Å². The molecule has 0 aliphatic heterocycles. The third-order valence-electron chi connectivity index (χ3n) is 4.91. The molecule has 2 rings (SSSR count). The van der Waals surface area contributed by atoms with Gasteiger partial charge in [-0.2, -0.15) is 0 Å². The van der Waals surface area contributed by atoms with E-state index < -0.39 is 0 Å². The fraction of sp³-hybridized carbons (Fsp3) is 0.700. The van der Waals surface area contributed by atoms with Crippen LogP contribution in [-0.2, 0) is 12.8 Å². The SMILES string of the molecule is CCCNC(CCCC(C)C)C1CCc2ccccc2C1. The van der Waals surface area contributed by atoms with Crippen molar-refractivity contribution >= 4 is 0 Å². The second-order valence-electron chi connectivity index (χ2n) is 7.16. The molecule has 1 N–H and O–H groups in total. The molecule has 1 aliphatic carbocycles. The Bertz CT molecular complexity index is 410. The van der Waals surface area contributed by atoms with E-state index in [2.05, 4.69) is 50.4 Å². The molecule has 118 valence electrons. The minimum atomic E-state index is 0.719. The van der Waals surface area contributed by atoms with Crippen molar-refractivity contribution in [3.63, 3.8) is 0 Å². The molecular weight excluding hydrogens is 254 g/mol. The van der Waals surface area contributed by atoms with Crippen molar-refractivity contribution in [3.8, 4) is 0 Å². The Hall–Kier alpha value is -0.820. The summed E-state index contributed by atoms with van der Waals surface area (Å²) in [6.07, 6.45) is 9.24. The summed E-state index contributed by atoms with van der Waals surface area (Å²) in [5.41, 5.74) is 3.19. The first-order valence-electron chi connectivity index (χ1n) is 9.00. The van der Waals surface area contributed by atoms with E-state index in [4.69, 9.17) is 0 Å². The summed E-state index contributed by atoms with van der Waals surface area (Å²) in [5.74, 6) is 1.67. The van der Waals surface area contributed by atoms with Crippen molar-refractivity contribution in [2.75, 3.05) is 6.54 Å². The van der Waals surface area contributed by atoms with Gasteiger partial charge in [-0.05, 0) is 61.6 Å². The Morgan fingerprint density at radius 2 is 1.90 bits per heavy atom. The number of hydrogen-bond acceptors (Lipinski definition) is 1. The highest BCUT2D eigenvalue weighted by atomic mass is 14.9. The standard InChI is InChI=1S/C20H33N/c1-4-14-21-20(11-7-8-16(2)3)19-13-12-17-9-5-6-10-18(17)15-19/h5-6,9-10,16,19-21H,4,7-8,11-15H2,1-3H3. The van der Waals surface area contributed by atoms with Crippen molar-refractivity contribution in [3.05, 3.63) is 35.4 Å². The molecule has 0 amide bonds. The van der Waals surface area contributed by atoms with Gasteiger partial charge in [0.15, 0.2) is 0 Å². The molecule has 21 heavy (non-hydrogen) atoms. The lowest BCUT2D eigenvalue weighted by atomic mass is 9.78. The topological polar surface area (TPSA) is 12.0 Å². The van der Waals surface area contributed by atoms with Gasteiger partial charge < -0.3 is 5.32 Å². The van der Waals surface area contributed by atoms with Crippen LogP contribution >= 0.6 is 0 Å². The maximum atomic E-state index is 3.84. The summed E-state index contributed by atoms with van der Waals surface area (Å²) in [4.78, 5) is 0. The fourth-order valence-electron chi connectivity index (χ4n) is 3.65. The van der Waals surface area contributed by atoms with Crippen LogP contribution in [0.25, 0.3) is 0 Å². The molecule has 0 radical (unpaired) electrons. The molecule has 0 aromatic heterocycles. The quantitative estimate of drug-likeness (QED) is 0.710. The lowest BCUT2D eigenvalue weighted by Crippen LogP contribution is -2.39. The van der Waals surface area contributed by atoms with E-state index in [9.17, 15) is 0 Å². The van der Waals surface area contributed by atoms with Crippen LogP contribution in [0.3, 0.4) is 0 Å². The third-order valence-corrected chi connectivity index (χ3v) is 4.91. The Morgan fingerprint density at radius 3 is 2.62 bits per heavy atom. The number of rotatable bonds is 8. The normalized spacial score (nSPS) is 19.5. The van der Waals surface area contributed by atoms with Crippen molar-refractivity contribution in [2.24, 2.45) is 11.8 Å². The smallest absolute Gasteiger partial charge is 0.00986 e.